The lowest BCUT2D eigenvalue weighted by atomic mass is 9.73. The first-order valence-electron chi connectivity index (χ1n) is 13.8. The van der Waals surface area contributed by atoms with Crippen LogP contribution in [0, 0.1) is 32.1 Å². The molecule has 1 heterocycles. The number of hydrogen-bond acceptors (Lipinski definition) is 5. The molecule has 204 valence electrons. The normalized spacial score (nSPS) is 17.1. The van der Waals surface area contributed by atoms with E-state index >= 15 is 0 Å². The molecule has 2 aliphatic rings. The van der Waals surface area contributed by atoms with Crippen molar-refractivity contribution in [1.29, 1.82) is 5.26 Å². The molecular formula is C34H34ClN3O2. The van der Waals surface area contributed by atoms with Crippen LogP contribution in [0.4, 0.5) is 5.69 Å². The van der Waals surface area contributed by atoms with Crippen molar-refractivity contribution in [1.82, 2.24) is 0 Å². The highest BCUT2D eigenvalue weighted by molar-refractivity contribution is 6.30. The predicted molar refractivity (Wildman–Crippen MR) is 160 cm³/mol. The average molecular weight is 552 g/mol. The van der Waals surface area contributed by atoms with E-state index in [4.69, 9.17) is 22.1 Å². The van der Waals surface area contributed by atoms with Crippen LogP contribution in [0.25, 0.3) is 0 Å². The van der Waals surface area contributed by atoms with Crippen molar-refractivity contribution in [2.75, 3.05) is 4.90 Å². The Morgan fingerprint density at radius 3 is 2.50 bits per heavy atom. The van der Waals surface area contributed by atoms with Gasteiger partial charge in [0.1, 0.15) is 18.2 Å². The van der Waals surface area contributed by atoms with Crippen LogP contribution in [0.1, 0.15) is 65.5 Å². The Balaban J connectivity index is 1.61. The summed E-state index contributed by atoms with van der Waals surface area (Å²) in [6, 6.07) is 20.4. The summed E-state index contributed by atoms with van der Waals surface area (Å²) in [7, 11) is 0. The second kappa shape index (κ2) is 11.2. The van der Waals surface area contributed by atoms with E-state index in [1.165, 1.54) is 5.56 Å². The summed E-state index contributed by atoms with van der Waals surface area (Å²) in [5.74, 6) is 0.719. The van der Waals surface area contributed by atoms with E-state index in [-0.39, 0.29) is 5.78 Å². The maximum absolute atomic E-state index is 13.6. The van der Waals surface area contributed by atoms with E-state index in [1.807, 2.05) is 56.0 Å². The molecule has 0 fully saturated rings. The molecule has 1 aliphatic carbocycles. The Morgan fingerprint density at radius 2 is 1.82 bits per heavy atom. The Hall–Kier alpha value is -4.01. The number of halogens is 1. The molecule has 0 aromatic heterocycles. The van der Waals surface area contributed by atoms with Crippen molar-refractivity contribution in [3.63, 3.8) is 0 Å². The molecule has 0 saturated heterocycles. The van der Waals surface area contributed by atoms with E-state index in [0.29, 0.717) is 35.0 Å². The van der Waals surface area contributed by atoms with Crippen LogP contribution < -0.4 is 15.4 Å². The summed E-state index contributed by atoms with van der Waals surface area (Å²) in [5, 5.41) is 11.1. The first-order valence-corrected chi connectivity index (χ1v) is 14.1. The summed E-state index contributed by atoms with van der Waals surface area (Å²) in [5.41, 5.74) is 15.8. The average Bonchev–Trinajstić information content (AvgIpc) is 2.94. The van der Waals surface area contributed by atoms with E-state index in [0.717, 1.165) is 64.2 Å². The van der Waals surface area contributed by atoms with Gasteiger partial charge in [-0.15, -0.1) is 0 Å². The van der Waals surface area contributed by atoms with Crippen molar-refractivity contribution in [2.45, 2.75) is 65.9 Å². The van der Waals surface area contributed by atoms with Gasteiger partial charge in [0.2, 0.25) is 0 Å². The number of nitrogens with two attached hydrogens (primary N) is 1. The van der Waals surface area contributed by atoms with E-state index < -0.39 is 5.92 Å². The second-order valence-electron chi connectivity index (χ2n) is 10.7. The highest BCUT2D eigenvalue weighted by Crippen LogP contribution is 2.47. The third kappa shape index (κ3) is 5.00. The van der Waals surface area contributed by atoms with E-state index in [1.54, 1.807) is 0 Å². The SMILES string of the molecule is CCc1ccc(N2C(N)=C(C#N)C(c3cc(C)cc(COc4ccc(Cl)cc4C)c3C)C3=C2CCCC3=O)cc1. The topological polar surface area (TPSA) is 79.3 Å². The summed E-state index contributed by atoms with van der Waals surface area (Å²) >= 11 is 6.12. The van der Waals surface area contributed by atoms with Crippen LogP contribution >= 0.6 is 11.6 Å². The minimum Gasteiger partial charge on any atom is -0.489 e. The van der Waals surface area contributed by atoms with Crippen LogP contribution in [0.2, 0.25) is 5.02 Å². The molecule has 40 heavy (non-hydrogen) atoms. The Kier molecular flexibility index (Phi) is 7.74. The third-order valence-corrected chi connectivity index (χ3v) is 8.28. The number of allylic oxidation sites excluding steroid dienone is 3. The smallest absolute Gasteiger partial charge is 0.161 e. The number of ether oxygens (including phenoxy) is 1. The zero-order chi connectivity index (χ0) is 28.6. The van der Waals surface area contributed by atoms with Gasteiger partial charge >= 0.3 is 0 Å². The predicted octanol–water partition coefficient (Wildman–Crippen LogP) is 7.71. The van der Waals surface area contributed by atoms with Gasteiger partial charge < -0.3 is 10.5 Å². The van der Waals surface area contributed by atoms with Crippen LogP contribution in [0.3, 0.4) is 0 Å². The van der Waals surface area contributed by atoms with Crippen molar-refractivity contribution in [3.05, 3.63) is 116 Å². The van der Waals surface area contributed by atoms with Crippen molar-refractivity contribution < 1.29 is 9.53 Å². The van der Waals surface area contributed by atoms with Crippen molar-refractivity contribution in [3.8, 4) is 11.8 Å². The third-order valence-electron chi connectivity index (χ3n) is 8.05. The molecule has 0 amide bonds. The van der Waals surface area contributed by atoms with Gasteiger partial charge in [-0.05, 0) is 98.2 Å². The molecule has 2 N–H and O–H groups in total. The summed E-state index contributed by atoms with van der Waals surface area (Å²) in [4.78, 5) is 15.6. The molecule has 1 unspecified atom stereocenters. The Bertz CT molecular complexity index is 1590. The van der Waals surface area contributed by atoms with Gasteiger partial charge in [-0.25, -0.2) is 0 Å². The number of carbonyl (C=O) groups excluding carboxylic acids is 1. The number of aryl methyl sites for hydroxylation is 3. The molecule has 5 nitrogen and oxygen atoms in total. The van der Waals surface area contributed by atoms with E-state index in [9.17, 15) is 10.1 Å². The lowest BCUT2D eigenvalue weighted by Crippen LogP contribution is -2.39. The molecule has 1 aliphatic heterocycles. The number of nitrogens with zero attached hydrogens (tertiary/aromatic N) is 2. The van der Waals surface area contributed by atoms with Gasteiger partial charge in [0, 0.05) is 28.4 Å². The summed E-state index contributed by atoms with van der Waals surface area (Å²) < 4.78 is 6.20. The maximum atomic E-state index is 13.6. The second-order valence-corrected chi connectivity index (χ2v) is 11.1. The monoisotopic (exact) mass is 551 g/mol. The van der Waals surface area contributed by atoms with Crippen molar-refractivity contribution >= 4 is 23.1 Å². The standard InChI is InChI=1S/C34H34ClN3O2/c1-5-23-9-12-26(13-10-23)38-29-7-6-8-30(39)33(29)32(28(18-36)34(38)37)27-16-20(2)15-24(22(27)4)19-40-31-14-11-25(35)17-21(31)3/h9-17,32H,5-8,19,37H2,1-4H3. The van der Waals surface area contributed by atoms with Gasteiger partial charge in [-0.1, -0.05) is 48.4 Å². The van der Waals surface area contributed by atoms with Crippen LogP contribution in [0.15, 0.2) is 77.3 Å². The lowest BCUT2D eigenvalue weighted by Gasteiger charge is -2.40. The number of anilines is 1. The number of rotatable bonds is 6. The number of nitriles is 1. The van der Waals surface area contributed by atoms with Gasteiger partial charge in [0.05, 0.1) is 17.6 Å². The fourth-order valence-corrected chi connectivity index (χ4v) is 6.14. The number of hydrogen-bond donors (Lipinski definition) is 1. The molecule has 3 aromatic rings. The largest absolute Gasteiger partial charge is 0.489 e. The minimum atomic E-state index is -0.519. The van der Waals surface area contributed by atoms with Gasteiger partial charge in [0.25, 0.3) is 0 Å². The Morgan fingerprint density at radius 1 is 1.07 bits per heavy atom. The molecule has 0 spiro atoms. The highest BCUT2D eigenvalue weighted by Gasteiger charge is 2.41. The summed E-state index contributed by atoms with van der Waals surface area (Å²) in [6.45, 7) is 8.50. The van der Waals surface area contributed by atoms with Crippen LogP contribution in [-0.4, -0.2) is 5.78 Å². The quantitative estimate of drug-likeness (QED) is 0.339. The number of Topliss-reactive ketones (excluding diaryl/α,β-unsaturated/α-hetero) is 1. The van der Waals surface area contributed by atoms with Gasteiger partial charge in [0.15, 0.2) is 5.78 Å². The molecule has 0 radical (unpaired) electrons. The van der Waals surface area contributed by atoms with E-state index in [2.05, 4.69) is 37.3 Å². The fourth-order valence-electron chi connectivity index (χ4n) is 5.92. The molecule has 0 bridgehead atoms. The highest BCUT2D eigenvalue weighted by atomic mass is 35.5. The number of ketones is 1. The van der Waals surface area contributed by atoms with Gasteiger partial charge in [-0.2, -0.15) is 5.26 Å². The molecule has 3 aromatic carbocycles. The fraction of sp³-hybridized carbons (Fsp3) is 0.294. The molecule has 5 rings (SSSR count). The number of carbonyl (C=O) groups is 1. The lowest BCUT2D eigenvalue weighted by molar-refractivity contribution is -0.116. The molecular weight excluding hydrogens is 518 g/mol. The molecule has 1 atom stereocenters. The maximum Gasteiger partial charge on any atom is 0.161 e. The molecule has 6 heteroatoms. The minimum absolute atomic E-state index is 0.0807. The Labute approximate surface area is 241 Å². The first-order chi connectivity index (χ1) is 19.2. The van der Waals surface area contributed by atoms with Gasteiger partial charge in [-0.3, -0.25) is 9.69 Å². The zero-order valence-electron chi connectivity index (χ0n) is 23.5. The zero-order valence-corrected chi connectivity index (χ0v) is 24.2. The number of benzene rings is 3. The summed E-state index contributed by atoms with van der Waals surface area (Å²) in [6.07, 6.45) is 2.88. The molecule has 0 saturated carbocycles. The van der Waals surface area contributed by atoms with Crippen LogP contribution in [0.5, 0.6) is 5.75 Å². The van der Waals surface area contributed by atoms with Crippen LogP contribution in [-0.2, 0) is 17.8 Å². The van der Waals surface area contributed by atoms with Crippen molar-refractivity contribution in [2.24, 2.45) is 5.73 Å². The first kappa shape index (κ1) is 27.6.